The van der Waals surface area contributed by atoms with Gasteiger partial charge in [0.05, 0.1) is 17.3 Å². The third-order valence-electron chi connectivity index (χ3n) is 4.11. The lowest BCUT2D eigenvalue weighted by Crippen LogP contribution is -2.21. The van der Waals surface area contributed by atoms with Gasteiger partial charge in [-0.25, -0.2) is 4.98 Å². The van der Waals surface area contributed by atoms with Crippen LogP contribution in [-0.4, -0.2) is 18.1 Å². The predicted molar refractivity (Wildman–Crippen MR) is 85.2 cm³/mol. The first-order valence-corrected chi connectivity index (χ1v) is 8.62. The monoisotopic (exact) mass is 296 g/mol. The highest BCUT2D eigenvalue weighted by molar-refractivity contribution is 7.11. The van der Waals surface area contributed by atoms with E-state index in [4.69, 9.17) is 9.72 Å². The summed E-state index contributed by atoms with van der Waals surface area (Å²) in [5, 5.41) is 4.84. The van der Waals surface area contributed by atoms with E-state index in [-0.39, 0.29) is 0 Å². The molecule has 114 valence electrons. The van der Waals surface area contributed by atoms with Gasteiger partial charge in [-0.05, 0) is 18.8 Å². The largest absolute Gasteiger partial charge is 0.378 e. The quantitative estimate of drug-likeness (QED) is 0.859. The van der Waals surface area contributed by atoms with Gasteiger partial charge in [0.15, 0.2) is 0 Å². The second kappa shape index (κ2) is 7.53. The molecular formula is C16H28N2OS. The molecule has 1 N–H and O–H groups in total. The Bertz CT molecular complexity index is 409. The van der Waals surface area contributed by atoms with E-state index < -0.39 is 0 Å². The van der Waals surface area contributed by atoms with Crippen molar-refractivity contribution in [3.63, 3.8) is 0 Å². The Morgan fingerprint density at radius 1 is 1.30 bits per heavy atom. The first kappa shape index (κ1) is 15.9. The number of nitrogens with one attached hydrogen (secondary N) is 1. The maximum atomic E-state index is 5.31. The normalized spacial score (nSPS) is 23.4. The summed E-state index contributed by atoms with van der Waals surface area (Å²) < 4.78 is 5.31. The minimum atomic E-state index is 0.506. The fourth-order valence-electron chi connectivity index (χ4n) is 2.77. The first-order chi connectivity index (χ1) is 9.60. The molecule has 0 spiro atoms. The summed E-state index contributed by atoms with van der Waals surface area (Å²) in [4.78, 5) is 6.24. The van der Waals surface area contributed by atoms with Crippen LogP contribution in [0, 0.1) is 5.92 Å². The summed E-state index contributed by atoms with van der Waals surface area (Å²) in [6, 6.07) is 0.506. The number of nitrogens with zero attached hydrogens (tertiary/aromatic N) is 1. The van der Waals surface area contributed by atoms with E-state index in [1.54, 1.807) is 7.11 Å². The van der Waals surface area contributed by atoms with Crippen molar-refractivity contribution < 1.29 is 4.74 Å². The van der Waals surface area contributed by atoms with Gasteiger partial charge in [0.25, 0.3) is 0 Å². The van der Waals surface area contributed by atoms with Crippen LogP contribution < -0.4 is 5.32 Å². The molecule has 2 rings (SSSR count). The van der Waals surface area contributed by atoms with Gasteiger partial charge in [0, 0.05) is 30.5 Å². The average Bonchev–Trinajstić information content (AvgIpc) is 2.81. The summed E-state index contributed by atoms with van der Waals surface area (Å²) in [7, 11) is 1.75. The Morgan fingerprint density at radius 3 is 2.60 bits per heavy atom. The maximum Gasteiger partial charge on any atom is 0.0963 e. The Labute approximate surface area is 127 Å². The molecule has 1 heterocycles. The molecule has 0 radical (unpaired) electrons. The van der Waals surface area contributed by atoms with Crippen molar-refractivity contribution >= 4 is 11.3 Å². The standard InChI is InChI=1S/C16H28N2OS/c1-11(2)17-9-15-14(10-19-4)18-16(20-15)13-7-5-12(3)6-8-13/h11-13,17H,5-10H2,1-4H3. The lowest BCUT2D eigenvalue weighted by Gasteiger charge is -2.24. The van der Waals surface area contributed by atoms with Crippen LogP contribution in [-0.2, 0) is 17.9 Å². The van der Waals surface area contributed by atoms with Gasteiger partial charge in [-0.15, -0.1) is 11.3 Å². The molecule has 3 nitrogen and oxygen atoms in total. The number of thiazole rings is 1. The molecule has 4 heteroatoms. The number of methoxy groups -OCH3 is 1. The summed E-state index contributed by atoms with van der Waals surface area (Å²) in [5.41, 5.74) is 1.14. The summed E-state index contributed by atoms with van der Waals surface area (Å²) in [6.45, 7) is 8.28. The van der Waals surface area contributed by atoms with Crippen molar-refractivity contribution in [1.29, 1.82) is 0 Å². The van der Waals surface area contributed by atoms with Crippen LogP contribution in [0.25, 0.3) is 0 Å². The van der Waals surface area contributed by atoms with Crippen LogP contribution in [0.3, 0.4) is 0 Å². The van der Waals surface area contributed by atoms with Crippen molar-refractivity contribution in [2.45, 2.75) is 71.6 Å². The highest BCUT2D eigenvalue weighted by atomic mass is 32.1. The fraction of sp³-hybridized carbons (Fsp3) is 0.812. The number of aromatic nitrogens is 1. The molecular weight excluding hydrogens is 268 g/mol. The van der Waals surface area contributed by atoms with Crippen molar-refractivity contribution in [2.24, 2.45) is 5.92 Å². The molecule has 0 amide bonds. The molecule has 1 saturated carbocycles. The summed E-state index contributed by atoms with van der Waals surface area (Å²) in [6.07, 6.45) is 5.31. The van der Waals surface area contributed by atoms with Gasteiger partial charge in [0.1, 0.15) is 0 Å². The van der Waals surface area contributed by atoms with E-state index in [0.717, 1.165) is 18.2 Å². The third kappa shape index (κ3) is 4.27. The molecule has 1 aromatic rings. The molecule has 1 aliphatic rings. The van der Waals surface area contributed by atoms with Gasteiger partial charge in [-0.3, -0.25) is 0 Å². The van der Waals surface area contributed by atoms with Gasteiger partial charge < -0.3 is 10.1 Å². The summed E-state index contributed by atoms with van der Waals surface area (Å²) in [5.74, 6) is 1.58. The Balaban J connectivity index is 2.07. The smallest absolute Gasteiger partial charge is 0.0963 e. The van der Waals surface area contributed by atoms with Gasteiger partial charge in [0.2, 0.25) is 0 Å². The zero-order chi connectivity index (χ0) is 14.5. The van der Waals surface area contributed by atoms with Crippen LogP contribution in [0.15, 0.2) is 0 Å². The van der Waals surface area contributed by atoms with E-state index in [0.29, 0.717) is 18.6 Å². The van der Waals surface area contributed by atoms with Crippen LogP contribution in [0.4, 0.5) is 0 Å². The number of ether oxygens (including phenoxy) is 1. The van der Waals surface area contributed by atoms with Crippen molar-refractivity contribution in [3.05, 3.63) is 15.6 Å². The molecule has 1 aliphatic carbocycles. The second-order valence-electron chi connectivity index (χ2n) is 6.35. The van der Waals surface area contributed by atoms with Crippen LogP contribution in [0.5, 0.6) is 0 Å². The van der Waals surface area contributed by atoms with Crippen LogP contribution in [0.2, 0.25) is 0 Å². The highest BCUT2D eigenvalue weighted by Gasteiger charge is 2.24. The fourth-order valence-corrected chi connectivity index (χ4v) is 3.96. The zero-order valence-electron chi connectivity index (χ0n) is 13.2. The molecule has 0 unspecified atom stereocenters. The number of hydrogen-bond donors (Lipinski definition) is 1. The van der Waals surface area contributed by atoms with Crippen LogP contribution >= 0.6 is 11.3 Å². The Morgan fingerprint density at radius 2 is 2.00 bits per heavy atom. The molecule has 0 aliphatic heterocycles. The molecule has 0 atom stereocenters. The van der Waals surface area contributed by atoms with Gasteiger partial charge >= 0.3 is 0 Å². The van der Waals surface area contributed by atoms with Gasteiger partial charge in [-0.1, -0.05) is 33.6 Å². The van der Waals surface area contributed by atoms with E-state index in [9.17, 15) is 0 Å². The first-order valence-electron chi connectivity index (χ1n) is 7.81. The van der Waals surface area contributed by atoms with E-state index >= 15 is 0 Å². The summed E-state index contributed by atoms with van der Waals surface area (Å²) >= 11 is 1.90. The lowest BCUT2D eigenvalue weighted by atomic mass is 9.83. The second-order valence-corrected chi connectivity index (χ2v) is 7.46. The van der Waals surface area contributed by atoms with Crippen LogP contribution in [0.1, 0.15) is 68.0 Å². The number of hydrogen-bond acceptors (Lipinski definition) is 4. The van der Waals surface area contributed by atoms with Crippen molar-refractivity contribution in [2.75, 3.05) is 7.11 Å². The molecule has 0 aromatic carbocycles. The SMILES string of the molecule is COCc1nc(C2CCC(C)CC2)sc1CNC(C)C. The van der Waals surface area contributed by atoms with Crippen molar-refractivity contribution in [1.82, 2.24) is 10.3 Å². The minimum Gasteiger partial charge on any atom is -0.378 e. The molecule has 1 fully saturated rings. The average molecular weight is 296 g/mol. The predicted octanol–water partition coefficient (Wildman–Crippen LogP) is 4.08. The van der Waals surface area contributed by atoms with E-state index in [1.165, 1.54) is 35.6 Å². The zero-order valence-corrected chi connectivity index (χ0v) is 14.1. The third-order valence-corrected chi connectivity index (χ3v) is 5.37. The lowest BCUT2D eigenvalue weighted by molar-refractivity contribution is 0.181. The molecule has 0 bridgehead atoms. The van der Waals surface area contributed by atoms with E-state index in [2.05, 4.69) is 26.1 Å². The van der Waals surface area contributed by atoms with Crippen molar-refractivity contribution in [3.8, 4) is 0 Å². The highest BCUT2D eigenvalue weighted by Crippen LogP contribution is 2.38. The van der Waals surface area contributed by atoms with E-state index in [1.807, 2.05) is 11.3 Å². The molecule has 0 saturated heterocycles. The maximum absolute atomic E-state index is 5.31. The van der Waals surface area contributed by atoms with Gasteiger partial charge in [-0.2, -0.15) is 0 Å². The Kier molecular flexibility index (Phi) is 6.00. The molecule has 1 aromatic heterocycles. The topological polar surface area (TPSA) is 34.1 Å². The minimum absolute atomic E-state index is 0.506. The Hall–Kier alpha value is -0.450. The molecule has 20 heavy (non-hydrogen) atoms. The number of rotatable bonds is 6.